The van der Waals surface area contributed by atoms with Gasteiger partial charge < -0.3 is 9.47 Å². The van der Waals surface area contributed by atoms with Crippen molar-refractivity contribution >= 4 is 44.2 Å². The van der Waals surface area contributed by atoms with E-state index in [4.69, 9.17) is 26.1 Å². The maximum absolute atomic E-state index is 13.4. The molecule has 2 aromatic heterocycles. The van der Waals surface area contributed by atoms with Gasteiger partial charge in [0.05, 0.1) is 36.9 Å². The van der Waals surface area contributed by atoms with E-state index in [1.807, 2.05) is 36.4 Å². The smallest absolute Gasteiger partial charge is 0.233 e. The molecule has 0 radical (unpaired) electrons. The molecule has 0 atom stereocenters. The molecule has 31 heavy (non-hydrogen) atoms. The second-order valence-corrected chi connectivity index (χ2v) is 8.17. The van der Waals surface area contributed by atoms with Gasteiger partial charge in [0.25, 0.3) is 0 Å². The first-order chi connectivity index (χ1) is 15.1. The molecule has 0 aliphatic rings. The molecule has 0 saturated carbocycles. The number of ether oxygens (including phenoxy) is 2. The average Bonchev–Trinajstić information content (AvgIpc) is 3.25. The molecule has 0 N–H and O–H groups in total. The number of carbonyl (C=O) groups excluding carboxylic acids is 1. The Morgan fingerprint density at radius 2 is 1.87 bits per heavy atom. The van der Waals surface area contributed by atoms with Gasteiger partial charge in [-0.3, -0.25) is 14.7 Å². The number of rotatable bonds is 7. The number of benzene rings is 2. The number of carbonyl (C=O) groups is 1. The van der Waals surface area contributed by atoms with Crippen LogP contribution < -0.4 is 14.4 Å². The number of thiazole rings is 1. The van der Waals surface area contributed by atoms with Crippen molar-refractivity contribution in [3.8, 4) is 11.5 Å². The van der Waals surface area contributed by atoms with Gasteiger partial charge in [-0.05, 0) is 41.5 Å². The van der Waals surface area contributed by atoms with Gasteiger partial charge >= 0.3 is 0 Å². The van der Waals surface area contributed by atoms with Crippen LogP contribution in [0.5, 0.6) is 11.5 Å². The predicted octanol–water partition coefficient (Wildman–Crippen LogP) is 5.14. The summed E-state index contributed by atoms with van der Waals surface area (Å²) in [4.78, 5) is 23.9. The summed E-state index contributed by atoms with van der Waals surface area (Å²) in [7, 11) is 3.20. The van der Waals surface area contributed by atoms with E-state index in [1.54, 1.807) is 43.6 Å². The normalized spacial score (nSPS) is 10.8. The van der Waals surface area contributed by atoms with E-state index in [1.165, 1.54) is 11.3 Å². The van der Waals surface area contributed by atoms with Crippen molar-refractivity contribution in [3.63, 3.8) is 0 Å². The van der Waals surface area contributed by atoms with Crippen molar-refractivity contribution < 1.29 is 14.3 Å². The topological polar surface area (TPSA) is 64.5 Å². The van der Waals surface area contributed by atoms with Gasteiger partial charge in [0.1, 0.15) is 17.0 Å². The van der Waals surface area contributed by atoms with E-state index in [0.717, 1.165) is 21.6 Å². The second-order valence-electron chi connectivity index (χ2n) is 6.79. The van der Waals surface area contributed by atoms with E-state index in [2.05, 4.69) is 4.98 Å². The van der Waals surface area contributed by atoms with Crippen molar-refractivity contribution in [1.29, 1.82) is 0 Å². The Morgan fingerprint density at radius 3 is 2.55 bits per heavy atom. The minimum absolute atomic E-state index is 0.0804. The summed E-state index contributed by atoms with van der Waals surface area (Å²) in [6.45, 7) is 0.350. The van der Waals surface area contributed by atoms with Crippen LogP contribution in [0.15, 0.2) is 60.9 Å². The van der Waals surface area contributed by atoms with Crippen LogP contribution in [0.1, 0.15) is 11.1 Å². The fourth-order valence-electron chi connectivity index (χ4n) is 3.17. The molecule has 2 aromatic carbocycles. The van der Waals surface area contributed by atoms with E-state index in [9.17, 15) is 4.79 Å². The largest absolute Gasteiger partial charge is 0.497 e. The van der Waals surface area contributed by atoms with Crippen LogP contribution in [-0.2, 0) is 17.8 Å². The summed E-state index contributed by atoms with van der Waals surface area (Å²) in [5, 5.41) is 1.13. The van der Waals surface area contributed by atoms with Crippen LogP contribution in [0.25, 0.3) is 10.2 Å². The molecule has 0 aliphatic heterocycles. The molecule has 0 spiro atoms. The summed E-state index contributed by atoms with van der Waals surface area (Å²) in [6.07, 6.45) is 3.68. The number of pyridine rings is 1. The van der Waals surface area contributed by atoms with Gasteiger partial charge in [-0.1, -0.05) is 41.1 Å². The van der Waals surface area contributed by atoms with E-state index in [-0.39, 0.29) is 12.3 Å². The van der Waals surface area contributed by atoms with Crippen LogP contribution in [-0.4, -0.2) is 30.1 Å². The second kappa shape index (κ2) is 9.32. The predicted molar refractivity (Wildman–Crippen MR) is 123 cm³/mol. The molecular formula is C23H20ClN3O3S. The summed E-state index contributed by atoms with van der Waals surface area (Å²) in [5.74, 6) is 1.28. The zero-order valence-corrected chi connectivity index (χ0v) is 18.6. The third kappa shape index (κ3) is 4.62. The molecule has 8 heteroatoms. The number of methoxy groups -OCH3 is 2. The summed E-state index contributed by atoms with van der Waals surface area (Å²) >= 11 is 7.76. The molecule has 0 unspecified atom stereocenters. The first-order valence-corrected chi connectivity index (χ1v) is 10.7. The fraction of sp³-hybridized carbons (Fsp3) is 0.174. The quantitative estimate of drug-likeness (QED) is 0.387. The Labute approximate surface area is 189 Å². The molecule has 158 valence electrons. The minimum atomic E-state index is -0.0804. The average molecular weight is 454 g/mol. The molecule has 0 fully saturated rings. The van der Waals surface area contributed by atoms with Gasteiger partial charge in [0.15, 0.2) is 5.13 Å². The number of fused-ring (bicyclic) bond motifs is 1. The Kier molecular flexibility index (Phi) is 6.34. The van der Waals surface area contributed by atoms with E-state index in [0.29, 0.717) is 28.0 Å². The van der Waals surface area contributed by atoms with Crippen LogP contribution >= 0.6 is 22.9 Å². The van der Waals surface area contributed by atoms with E-state index < -0.39 is 0 Å². The van der Waals surface area contributed by atoms with Crippen LogP contribution in [0.4, 0.5) is 5.13 Å². The maximum atomic E-state index is 13.4. The van der Waals surface area contributed by atoms with Crippen LogP contribution in [0, 0.1) is 0 Å². The SMILES string of the molecule is COc1ccc(CC(=O)N(Cc2cccnc2)c2nc3c(OC)ccc(Cl)c3s2)cc1. The Morgan fingerprint density at radius 1 is 1.06 bits per heavy atom. The molecule has 0 saturated heterocycles. The lowest BCUT2D eigenvalue weighted by Gasteiger charge is -2.20. The van der Waals surface area contributed by atoms with Gasteiger partial charge in [-0.25, -0.2) is 4.98 Å². The molecule has 0 aliphatic carbocycles. The lowest BCUT2D eigenvalue weighted by molar-refractivity contribution is -0.118. The highest BCUT2D eigenvalue weighted by atomic mass is 35.5. The third-order valence-electron chi connectivity index (χ3n) is 4.78. The van der Waals surface area contributed by atoms with Gasteiger partial charge in [0.2, 0.25) is 5.91 Å². The van der Waals surface area contributed by atoms with Crippen molar-refractivity contribution in [2.75, 3.05) is 19.1 Å². The van der Waals surface area contributed by atoms with Crippen LogP contribution in [0.3, 0.4) is 0 Å². The van der Waals surface area contributed by atoms with Crippen molar-refractivity contribution in [3.05, 3.63) is 77.1 Å². The van der Waals surface area contributed by atoms with Crippen molar-refractivity contribution in [2.24, 2.45) is 0 Å². The standard InChI is InChI=1S/C23H20ClN3O3S/c1-29-17-7-5-15(6-8-17)12-20(28)27(14-16-4-3-11-25-13-16)23-26-21-19(30-2)10-9-18(24)22(21)31-23/h3-11,13H,12,14H2,1-2H3. The molecule has 1 amide bonds. The van der Waals surface area contributed by atoms with Gasteiger partial charge in [-0.2, -0.15) is 0 Å². The van der Waals surface area contributed by atoms with Crippen molar-refractivity contribution in [1.82, 2.24) is 9.97 Å². The summed E-state index contributed by atoms with van der Waals surface area (Å²) in [5.41, 5.74) is 2.44. The Bertz CT molecular complexity index is 1200. The Balaban J connectivity index is 1.71. The number of nitrogens with zero attached hydrogens (tertiary/aromatic N) is 3. The number of amides is 1. The highest BCUT2D eigenvalue weighted by Gasteiger charge is 2.22. The molecule has 4 aromatic rings. The molecule has 4 rings (SSSR count). The van der Waals surface area contributed by atoms with Crippen molar-refractivity contribution in [2.45, 2.75) is 13.0 Å². The Hall–Kier alpha value is -3.16. The minimum Gasteiger partial charge on any atom is -0.497 e. The highest BCUT2D eigenvalue weighted by Crippen LogP contribution is 2.39. The number of hydrogen-bond donors (Lipinski definition) is 0. The monoisotopic (exact) mass is 453 g/mol. The van der Waals surface area contributed by atoms with Gasteiger partial charge in [0, 0.05) is 12.4 Å². The summed E-state index contributed by atoms with van der Waals surface area (Å²) in [6, 6.07) is 14.8. The number of aromatic nitrogens is 2. The molecular weight excluding hydrogens is 434 g/mol. The first-order valence-electron chi connectivity index (χ1n) is 9.54. The lowest BCUT2D eigenvalue weighted by Crippen LogP contribution is -2.31. The zero-order chi connectivity index (χ0) is 21.8. The lowest BCUT2D eigenvalue weighted by atomic mass is 10.1. The fourth-order valence-corrected chi connectivity index (χ4v) is 4.44. The molecule has 6 nitrogen and oxygen atoms in total. The molecule has 2 heterocycles. The zero-order valence-electron chi connectivity index (χ0n) is 17.0. The number of hydrogen-bond acceptors (Lipinski definition) is 6. The maximum Gasteiger partial charge on any atom is 0.233 e. The first kappa shape index (κ1) is 21.1. The van der Waals surface area contributed by atoms with E-state index >= 15 is 0 Å². The highest BCUT2D eigenvalue weighted by molar-refractivity contribution is 7.23. The number of halogens is 1. The van der Waals surface area contributed by atoms with Crippen LogP contribution in [0.2, 0.25) is 5.02 Å². The molecule has 0 bridgehead atoms. The summed E-state index contributed by atoms with van der Waals surface area (Å²) < 4.78 is 11.4. The van der Waals surface area contributed by atoms with Gasteiger partial charge in [-0.15, -0.1) is 0 Å². The third-order valence-corrected chi connectivity index (χ3v) is 6.32. The number of anilines is 1.